The Hall–Kier alpha value is -4.15. The van der Waals surface area contributed by atoms with Gasteiger partial charge in [0.15, 0.2) is 0 Å². The van der Waals surface area contributed by atoms with Gasteiger partial charge < -0.3 is 10.2 Å². The van der Waals surface area contributed by atoms with Crippen LogP contribution in [0.2, 0.25) is 0 Å². The first-order valence-electron chi connectivity index (χ1n) is 12.9. The maximum absolute atomic E-state index is 11.8. The summed E-state index contributed by atoms with van der Waals surface area (Å²) in [6.07, 6.45) is 11.0. The number of thioether (sulfide) groups is 1. The summed E-state index contributed by atoms with van der Waals surface area (Å²) in [6.45, 7) is 3.38. The predicted molar refractivity (Wildman–Crippen MR) is 153 cm³/mol. The van der Waals surface area contributed by atoms with Gasteiger partial charge >= 0.3 is 0 Å². The summed E-state index contributed by atoms with van der Waals surface area (Å²) in [5.41, 5.74) is 3.79. The molecule has 2 aliphatic rings. The summed E-state index contributed by atoms with van der Waals surface area (Å²) in [5.74, 6) is 0.815. The van der Waals surface area contributed by atoms with Crippen molar-refractivity contribution in [2.45, 2.75) is 19.4 Å². The molecule has 0 spiro atoms. The van der Waals surface area contributed by atoms with Crippen LogP contribution in [0.4, 0.5) is 10.7 Å². The highest BCUT2D eigenvalue weighted by atomic mass is 32.2. The molecular formula is C29H27N7O2S. The highest BCUT2D eigenvalue weighted by molar-refractivity contribution is 8.18. The topological polar surface area (TPSA) is 113 Å². The Morgan fingerprint density at radius 2 is 1.90 bits per heavy atom. The molecular weight excluding hydrogens is 510 g/mol. The van der Waals surface area contributed by atoms with E-state index in [0.717, 1.165) is 78.4 Å². The van der Waals surface area contributed by atoms with Crippen LogP contribution in [0.15, 0.2) is 72.2 Å². The lowest BCUT2D eigenvalue weighted by atomic mass is 9.96. The van der Waals surface area contributed by atoms with Crippen molar-refractivity contribution >= 4 is 45.7 Å². The number of hydrogen-bond acceptors (Lipinski definition) is 9. The smallest absolute Gasteiger partial charge is 0.290 e. The minimum Gasteiger partial charge on any atom is -0.341 e. The molecule has 2 amide bonds. The Labute approximate surface area is 230 Å². The quantitative estimate of drug-likeness (QED) is 0.331. The average Bonchev–Trinajstić information content (AvgIpc) is 3.29. The number of anilines is 1. The van der Waals surface area contributed by atoms with E-state index < -0.39 is 0 Å². The lowest BCUT2D eigenvalue weighted by molar-refractivity contribution is -0.115. The van der Waals surface area contributed by atoms with Gasteiger partial charge in [-0.25, -0.2) is 9.97 Å². The van der Waals surface area contributed by atoms with Crippen molar-refractivity contribution in [3.05, 3.63) is 83.4 Å². The zero-order valence-corrected chi connectivity index (χ0v) is 22.0. The van der Waals surface area contributed by atoms with Crippen molar-refractivity contribution in [2.75, 3.05) is 24.5 Å². The fourth-order valence-electron chi connectivity index (χ4n) is 5.03. The molecule has 0 bridgehead atoms. The molecule has 0 saturated carbocycles. The number of fused-ring (bicyclic) bond motifs is 1. The molecule has 6 rings (SSSR count). The van der Waals surface area contributed by atoms with Gasteiger partial charge in [-0.2, -0.15) is 0 Å². The molecule has 0 radical (unpaired) electrons. The number of imide groups is 1. The first-order chi connectivity index (χ1) is 19.1. The van der Waals surface area contributed by atoms with Gasteiger partial charge in [-0.15, -0.1) is 0 Å². The van der Waals surface area contributed by atoms with Gasteiger partial charge in [-0.05, 0) is 66.2 Å². The molecule has 4 aromatic rings. The first-order valence-corrected chi connectivity index (χ1v) is 13.8. The minimum atomic E-state index is -0.384. The molecule has 5 heterocycles. The van der Waals surface area contributed by atoms with E-state index in [1.54, 1.807) is 18.3 Å². The van der Waals surface area contributed by atoms with Crippen LogP contribution in [0, 0.1) is 5.92 Å². The van der Waals surface area contributed by atoms with Gasteiger partial charge in [0, 0.05) is 55.4 Å². The fourth-order valence-corrected chi connectivity index (χ4v) is 5.69. The second-order valence-corrected chi connectivity index (χ2v) is 10.6. The minimum absolute atomic E-state index is 0.350. The van der Waals surface area contributed by atoms with Crippen LogP contribution in [-0.4, -0.2) is 50.7 Å². The number of piperidine rings is 1. The molecule has 0 unspecified atom stereocenters. The first kappa shape index (κ1) is 25.1. The monoisotopic (exact) mass is 537 g/mol. The summed E-state index contributed by atoms with van der Waals surface area (Å²) >= 11 is 0.890. The van der Waals surface area contributed by atoms with Crippen molar-refractivity contribution in [1.29, 1.82) is 0 Å². The van der Waals surface area contributed by atoms with E-state index in [2.05, 4.69) is 48.7 Å². The molecule has 3 aromatic heterocycles. The average molecular weight is 538 g/mol. The number of carbonyl (C=O) groups is 2. The Morgan fingerprint density at radius 3 is 2.74 bits per heavy atom. The largest absolute Gasteiger partial charge is 0.341 e. The third kappa shape index (κ3) is 5.67. The van der Waals surface area contributed by atoms with E-state index in [-0.39, 0.29) is 11.1 Å². The van der Waals surface area contributed by atoms with E-state index in [0.29, 0.717) is 22.5 Å². The molecule has 0 aliphatic carbocycles. The zero-order chi connectivity index (χ0) is 26.6. The summed E-state index contributed by atoms with van der Waals surface area (Å²) < 4.78 is 0. The molecule has 10 heteroatoms. The van der Waals surface area contributed by atoms with Crippen LogP contribution in [0.1, 0.15) is 24.1 Å². The molecule has 196 valence electrons. The molecule has 1 aromatic carbocycles. The summed E-state index contributed by atoms with van der Waals surface area (Å²) in [4.78, 5) is 44.0. The maximum Gasteiger partial charge on any atom is 0.290 e. The van der Waals surface area contributed by atoms with Gasteiger partial charge in [0.25, 0.3) is 11.1 Å². The van der Waals surface area contributed by atoms with Crippen molar-refractivity contribution in [2.24, 2.45) is 5.92 Å². The molecule has 2 N–H and O–H groups in total. The SMILES string of the molecule is O=C1NC(=O)/C(=C/c2ccnc(N3CCC(CNCc4cccnc4-c4cncc5ccccc45)CC3)n2)S1. The number of benzene rings is 1. The predicted octanol–water partition coefficient (Wildman–Crippen LogP) is 4.42. The van der Waals surface area contributed by atoms with Gasteiger partial charge in [0.2, 0.25) is 5.95 Å². The number of hydrogen-bond donors (Lipinski definition) is 2. The normalized spacial score (nSPS) is 17.2. The van der Waals surface area contributed by atoms with E-state index in [9.17, 15) is 9.59 Å². The standard InChI is InChI=1S/C29H27N7O2S/c37-27-25(39-29(38)35-27)14-22-7-11-33-28(34-22)36-12-8-19(9-13-36)15-30-17-21-5-3-10-32-26(21)24-18-31-16-20-4-1-2-6-23(20)24/h1-7,10-11,14,16,18-19,30H,8-9,12-13,15,17H2,(H,35,37,38)/b25-14-. The molecule has 2 fully saturated rings. The number of pyridine rings is 2. The highest BCUT2D eigenvalue weighted by Crippen LogP contribution is 2.29. The third-order valence-corrected chi connectivity index (χ3v) is 7.86. The number of amides is 2. The Kier molecular flexibility index (Phi) is 7.29. The van der Waals surface area contributed by atoms with Crippen molar-refractivity contribution in [3.8, 4) is 11.3 Å². The fraction of sp³-hybridized carbons (Fsp3) is 0.241. The van der Waals surface area contributed by atoms with Crippen LogP contribution in [0.5, 0.6) is 0 Å². The number of nitrogens with zero attached hydrogens (tertiary/aromatic N) is 5. The van der Waals surface area contributed by atoms with Crippen LogP contribution in [-0.2, 0) is 11.3 Å². The molecule has 0 atom stereocenters. The van der Waals surface area contributed by atoms with Gasteiger partial charge in [-0.3, -0.25) is 24.9 Å². The lowest BCUT2D eigenvalue weighted by Crippen LogP contribution is -2.38. The van der Waals surface area contributed by atoms with Crippen LogP contribution < -0.4 is 15.5 Å². The summed E-state index contributed by atoms with van der Waals surface area (Å²) in [7, 11) is 0. The summed E-state index contributed by atoms with van der Waals surface area (Å²) in [6, 6.07) is 14.1. The van der Waals surface area contributed by atoms with E-state index in [4.69, 9.17) is 4.98 Å². The van der Waals surface area contributed by atoms with Gasteiger partial charge in [0.05, 0.1) is 16.3 Å². The van der Waals surface area contributed by atoms with Crippen LogP contribution >= 0.6 is 11.8 Å². The van der Waals surface area contributed by atoms with Crippen LogP contribution in [0.3, 0.4) is 0 Å². The van der Waals surface area contributed by atoms with Crippen molar-refractivity contribution < 1.29 is 9.59 Å². The number of nitrogens with one attached hydrogen (secondary N) is 2. The third-order valence-electron chi connectivity index (χ3n) is 7.05. The van der Waals surface area contributed by atoms with E-state index in [1.165, 1.54) is 0 Å². The highest BCUT2D eigenvalue weighted by Gasteiger charge is 2.26. The van der Waals surface area contributed by atoms with Crippen molar-refractivity contribution in [1.82, 2.24) is 30.6 Å². The number of carbonyl (C=O) groups excluding carboxylic acids is 2. The van der Waals surface area contributed by atoms with Crippen LogP contribution in [0.25, 0.3) is 28.1 Å². The lowest BCUT2D eigenvalue weighted by Gasteiger charge is -2.32. The maximum atomic E-state index is 11.8. The molecule has 2 saturated heterocycles. The summed E-state index contributed by atoms with van der Waals surface area (Å²) in [5, 5.41) is 7.82. The van der Waals surface area contributed by atoms with Gasteiger partial charge in [-0.1, -0.05) is 30.3 Å². The van der Waals surface area contributed by atoms with E-state index in [1.807, 2.05) is 36.8 Å². The van der Waals surface area contributed by atoms with Gasteiger partial charge in [0.1, 0.15) is 0 Å². The number of aromatic nitrogens is 4. The van der Waals surface area contributed by atoms with Crippen molar-refractivity contribution in [3.63, 3.8) is 0 Å². The second kappa shape index (κ2) is 11.3. The van der Waals surface area contributed by atoms with E-state index >= 15 is 0 Å². The number of rotatable bonds is 7. The second-order valence-electron chi connectivity index (χ2n) is 9.61. The Morgan fingerprint density at radius 1 is 1.03 bits per heavy atom. The molecule has 39 heavy (non-hydrogen) atoms. The molecule has 9 nitrogen and oxygen atoms in total. The Bertz CT molecular complexity index is 1560. The Balaban J connectivity index is 1.05. The molecule has 2 aliphatic heterocycles. The zero-order valence-electron chi connectivity index (χ0n) is 21.2.